The number of halogens is 2. The fourth-order valence-electron chi connectivity index (χ4n) is 1.17. The van der Waals surface area contributed by atoms with Crippen molar-refractivity contribution in [1.82, 2.24) is 5.32 Å². The quantitative estimate of drug-likeness (QED) is 0.364. The number of benzene rings is 1. The van der Waals surface area contributed by atoms with Gasteiger partial charge in [0.25, 0.3) is 5.91 Å². The second-order valence-corrected chi connectivity index (χ2v) is 3.19. The summed E-state index contributed by atoms with van der Waals surface area (Å²) in [6, 6.07) is 2.74. The van der Waals surface area contributed by atoms with E-state index in [1.165, 1.54) is 0 Å². The van der Waals surface area contributed by atoms with Gasteiger partial charge in [0, 0.05) is 24.1 Å². The van der Waals surface area contributed by atoms with Gasteiger partial charge in [0.15, 0.2) is 0 Å². The summed E-state index contributed by atoms with van der Waals surface area (Å²) in [6.45, 7) is 0.511. The Morgan fingerprint density at radius 1 is 1.47 bits per heavy atom. The summed E-state index contributed by atoms with van der Waals surface area (Å²) in [4.78, 5) is 14.0. The standard InChI is InChI=1S/C10H10F2N4O/c11-7-2-3-8(9(12)6-7)10(17)14-4-1-5-15-16-13/h2-3,6H,1,4-5H2,(H,14,17). The average Bonchev–Trinajstić information content (AvgIpc) is 2.28. The van der Waals surface area contributed by atoms with Crippen LogP contribution in [0.4, 0.5) is 8.78 Å². The van der Waals surface area contributed by atoms with Crippen LogP contribution in [0.5, 0.6) is 0 Å². The van der Waals surface area contributed by atoms with Crippen LogP contribution < -0.4 is 5.32 Å². The average molecular weight is 240 g/mol. The van der Waals surface area contributed by atoms with Crippen molar-refractivity contribution in [3.05, 3.63) is 45.8 Å². The van der Waals surface area contributed by atoms with E-state index in [4.69, 9.17) is 5.53 Å². The Hall–Kier alpha value is -2.14. The normalized spacial score (nSPS) is 9.53. The van der Waals surface area contributed by atoms with E-state index in [2.05, 4.69) is 15.3 Å². The van der Waals surface area contributed by atoms with Crippen LogP contribution in [0, 0.1) is 11.6 Å². The van der Waals surface area contributed by atoms with Crippen LogP contribution in [0.3, 0.4) is 0 Å². The van der Waals surface area contributed by atoms with Crippen molar-refractivity contribution in [1.29, 1.82) is 0 Å². The van der Waals surface area contributed by atoms with Crippen molar-refractivity contribution in [3.63, 3.8) is 0 Å². The second kappa shape index (κ2) is 6.44. The van der Waals surface area contributed by atoms with Gasteiger partial charge in [-0.1, -0.05) is 5.11 Å². The van der Waals surface area contributed by atoms with Gasteiger partial charge >= 0.3 is 0 Å². The first-order chi connectivity index (χ1) is 8.15. The molecule has 7 heteroatoms. The highest BCUT2D eigenvalue weighted by atomic mass is 19.1. The maximum atomic E-state index is 13.2. The minimum Gasteiger partial charge on any atom is -0.352 e. The summed E-state index contributed by atoms with van der Waals surface area (Å²) in [7, 11) is 0. The number of hydrogen-bond acceptors (Lipinski definition) is 2. The molecule has 0 aliphatic carbocycles. The zero-order chi connectivity index (χ0) is 12.7. The lowest BCUT2D eigenvalue weighted by Crippen LogP contribution is -2.25. The molecule has 0 radical (unpaired) electrons. The molecular weight excluding hydrogens is 230 g/mol. The van der Waals surface area contributed by atoms with Crippen LogP contribution in [-0.4, -0.2) is 19.0 Å². The number of hydrogen-bond donors (Lipinski definition) is 1. The predicted octanol–water partition coefficient (Wildman–Crippen LogP) is 2.40. The summed E-state index contributed by atoms with van der Waals surface area (Å²) in [5, 5.41) is 5.71. The van der Waals surface area contributed by atoms with Crippen molar-refractivity contribution in [2.45, 2.75) is 6.42 Å². The maximum Gasteiger partial charge on any atom is 0.254 e. The van der Waals surface area contributed by atoms with E-state index in [0.717, 1.165) is 12.1 Å². The SMILES string of the molecule is [N-]=[N+]=NCCCNC(=O)c1ccc(F)cc1F. The van der Waals surface area contributed by atoms with Gasteiger partial charge in [-0.25, -0.2) is 8.78 Å². The Morgan fingerprint density at radius 3 is 2.88 bits per heavy atom. The van der Waals surface area contributed by atoms with Gasteiger partial charge in [-0.2, -0.15) is 0 Å². The van der Waals surface area contributed by atoms with Gasteiger partial charge in [-0.15, -0.1) is 0 Å². The summed E-state index contributed by atoms with van der Waals surface area (Å²) < 4.78 is 25.7. The number of nitrogens with one attached hydrogen (secondary N) is 1. The third-order valence-corrected chi connectivity index (χ3v) is 1.96. The van der Waals surface area contributed by atoms with Gasteiger partial charge in [0.2, 0.25) is 0 Å². The van der Waals surface area contributed by atoms with Crippen LogP contribution >= 0.6 is 0 Å². The number of nitrogens with zero attached hydrogens (tertiary/aromatic N) is 3. The molecule has 0 heterocycles. The third kappa shape index (κ3) is 4.08. The molecule has 1 amide bonds. The lowest BCUT2D eigenvalue weighted by molar-refractivity contribution is 0.0949. The molecule has 1 rings (SSSR count). The highest BCUT2D eigenvalue weighted by Crippen LogP contribution is 2.09. The van der Waals surface area contributed by atoms with Crippen LogP contribution in [0.15, 0.2) is 23.3 Å². The zero-order valence-corrected chi connectivity index (χ0v) is 8.86. The first-order valence-corrected chi connectivity index (χ1v) is 4.89. The summed E-state index contributed by atoms with van der Waals surface area (Å²) in [5.74, 6) is -2.26. The number of carbonyl (C=O) groups excluding carboxylic acids is 1. The molecule has 0 spiro atoms. The van der Waals surface area contributed by atoms with Crippen molar-refractivity contribution >= 4 is 5.91 Å². The fourth-order valence-corrected chi connectivity index (χ4v) is 1.17. The Balaban J connectivity index is 2.49. The molecular formula is C10H10F2N4O. The topological polar surface area (TPSA) is 77.9 Å². The van der Waals surface area contributed by atoms with Crippen LogP contribution in [0.1, 0.15) is 16.8 Å². The minimum atomic E-state index is -0.905. The summed E-state index contributed by atoms with van der Waals surface area (Å²) >= 11 is 0. The minimum absolute atomic E-state index is 0.213. The van der Waals surface area contributed by atoms with Gasteiger partial charge in [0.05, 0.1) is 5.56 Å². The molecule has 0 fully saturated rings. The van der Waals surface area contributed by atoms with E-state index in [-0.39, 0.29) is 18.7 Å². The number of rotatable bonds is 5. The lowest BCUT2D eigenvalue weighted by atomic mass is 10.2. The zero-order valence-electron chi connectivity index (χ0n) is 8.86. The summed E-state index contributed by atoms with van der Waals surface area (Å²) in [6.07, 6.45) is 0.457. The molecule has 5 nitrogen and oxygen atoms in total. The Labute approximate surface area is 96.1 Å². The van der Waals surface area contributed by atoms with E-state index in [1.54, 1.807) is 0 Å². The van der Waals surface area contributed by atoms with Gasteiger partial charge in [-0.05, 0) is 24.1 Å². The fraction of sp³-hybridized carbons (Fsp3) is 0.300. The monoisotopic (exact) mass is 240 g/mol. The molecule has 0 atom stereocenters. The lowest BCUT2D eigenvalue weighted by Gasteiger charge is -2.04. The molecule has 0 saturated heterocycles. The van der Waals surface area contributed by atoms with Crippen LogP contribution in [0.2, 0.25) is 0 Å². The van der Waals surface area contributed by atoms with Gasteiger partial charge in [0.1, 0.15) is 11.6 Å². The first-order valence-electron chi connectivity index (χ1n) is 4.89. The summed E-state index contributed by atoms with van der Waals surface area (Å²) in [5.41, 5.74) is 7.79. The largest absolute Gasteiger partial charge is 0.352 e. The maximum absolute atomic E-state index is 13.2. The highest BCUT2D eigenvalue weighted by Gasteiger charge is 2.11. The van der Waals surface area contributed by atoms with Crippen molar-refractivity contribution < 1.29 is 13.6 Å². The molecule has 0 aliphatic rings. The van der Waals surface area contributed by atoms with Crippen molar-refractivity contribution in [2.75, 3.05) is 13.1 Å². The van der Waals surface area contributed by atoms with E-state index < -0.39 is 17.5 Å². The molecule has 90 valence electrons. The Bertz CT molecular complexity index is 458. The van der Waals surface area contributed by atoms with Crippen molar-refractivity contribution in [2.24, 2.45) is 5.11 Å². The molecule has 0 unspecified atom stereocenters. The van der Waals surface area contributed by atoms with E-state index in [9.17, 15) is 13.6 Å². The van der Waals surface area contributed by atoms with Crippen LogP contribution in [-0.2, 0) is 0 Å². The van der Waals surface area contributed by atoms with Crippen LogP contribution in [0.25, 0.3) is 10.4 Å². The predicted molar refractivity (Wildman–Crippen MR) is 57.3 cm³/mol. The van der Waals surface area contributed by atoms with Crippen molar-refractivity contribution in [3.8, 4) is 0 Å². The molecule has 0 bridgehead atoms. The first kappa shape index (κ1) is 12.9. The number of amides is 1. The molecule has 1 N–H and O–H groups in total. The van der Waals surface area contributed by atoms with E-state index in [0.29, 0.717) is 12.5 Å². The van der Waals surface area contributed by atoms with Gasteiger partial charge < -0.3 is 5.32 Å². The van der Waals surface area contributed by atoms with Gasteiger partial charge in [-0.3, -0.25) is 4.79 Å². The van der Waals surface area contributed by atoms with E-state index in [1.807, 2.05) is 0 Å². The highest BCUT2D eigenvalue weighted by molar-refractivity contribution is 5.94. The molecule has 1 aromatic carbocycles. The Kier molecular flexibility index (Phi) is 4.90. The molecule has 0 aromatic heterocycles. The third-order valence-electron chi connectivity index (χ3n) is 1.96. The number of azide groups is 1. The molecule has 0 aliphatic heterocycles. The van der Waals surface area contributed by atoms with E-state index >= 15 is 0 Å². The second-order valence-electron chi connectivity index (χ2n) is 3.19. The number of carbonyl (C=O) groups is 1. The molecule has 17 heavy (non-hydrogen) atoms. The molecule has 1 aromatic rings. The molecule has 0 saturated carbocycles. The Morgan fingerprint density at radius 2 is 2.24 bits per heavy atom. The smallest absolute Gasteiger partial charge is 0.254 e.